The number of rotatable bonds is 5. The summed E-state index contributed by atoms with van der Waals surface area (Å²) in [5, 5.41) is 6.07. The Morgan fingerprint density at radius 3 is 2.11 bits per heavy atom. The minimum absolute atomic E-state index is 0. The van der Waals surface area contributed by atoms with Gasteiger partial charge in [-0.25, -0.2) is 8.42 Å². The van der Waals surface area contributed by atoms with Gasteiger partial charge < -0.3 is 15.4 Å². The fourth-order valence-corrected chi connectivity index (χ4v) is 5.19. The van der Waals surface area contributed by atoms with Crippen molar-refractivity contribution >= 4 is 40.6 Å². The van der Waals surface area contributed by atoms with E-state index in [0.717, 1.165) is 13.1 Å². The average Bonchev–Trinajstić information content (AvgIpc) is 2.51. The van der Waals surface area contributed by atoms with Crippen molar-refractivity contribution in [3.63, 3.8) is 0 Å². The monoisotopic (exact) mass is 447 g/mol. The van der Waals surface area contributed by atoms with Crippen molar-refractivity contribution in [3.8, 4) is 0 Å². The number of carbonyl (C=O) groups is 1. The molecule has 2 aliphatic rings. The fourth-order valence-electron chi connectivity index (χ4n) is 3.84. The summed E-state index contributed by atoms with van der Waals surface area (Å²) >= 11 is 0. The third-order valence-electron chi connectivity index (χ3n) is 5.49. The van der Waals surface area contributed by atoms with E-state index in [2.05, 4.69) is 29.4 Å². The number of sulfone groups is 1. The van der Waals surface area contributed by atoms with Crippen LogP contribution < -0.4 is 10.6 Å². The number of nitrogens with zero attached hydrogens (tertiary/aromatic N) is 1. The Kier molecular flexibility index (Phi) is 10.0. The highest BCUT2D eigenvalue weighted by atomic mass is 35.5. The molecule has 7 nitrogen and oxygen atoms in total. The number of nitrogens with one attached hydrogen (secondary N) is 2. The molecule has 2 aliphatic heterocycles. The second kappa shape index (κ2) is 10.1. The van der Waals surface area contributed by atoms with Crippen LogP contribution in [0.4, 0.5) is 0 Å². The second-order valence-corrected chi connectivity index (χ2v) is 10.5. The fraction of sp³-hybridized carbons (Fsp3) is 0.941. The Balaban J connectivity index is 0.00000338. The molecule has 27 heavy (non-hydrogen) atoms. The lowest BCUT2D eigenvalue weighted by atomic mass is 9.94. The summed E-state index contributed by atoms with van der Waals surface area (Å²) in [5.74, 6) is -0.362. The molecule has 2 rings (SSSR count). The first-order chi connectivity index (χ1) is 11.5. The second-order valence-electron chi connectivity index (χ2n) is 8.17. The van der Waals surface area contributed by atoms with Gasteiger partial charge in [-0.2, -0.15) is 0 Å². The van der Waals surface area contributed by atoms with Crippen molar-refractivity contribution < 1.29 is 17.9 Å². The molecule has 0 saturated carbocycles. The molecule has 1 amide bonds. The van der Waals surface area contributed by atoms with Crippen molar-refractivity contribution in [2.24, 2.45) is 0 Å². The van der Waals surface area contributed by atoms with E-state index < -0.39 is 14.6 Å². The third-order valence-corrected chi connectivity index (χ3v) is 7.51. The number of hydrogen-bond acceptors (Lipinski definition) is 6. The van der Waals surface area contributed by atoms with Crippen LogP contribution in [0.25, 0.3) is 0 Å². The maximum Gasteiger partial charge on any atom is 0.241 e. The molecule has 2 fully saturated rings. The van der Waals surface area contributed by atoms with Gasteiger partial charge in [0, 0.05) is 31.4 Å². The van der Waals surface area contributed by atoms with Gasteiger partial charge in [-0.3, -0.25) is 9.69 Å². The highest BCUT2D eigenvalue weighted by Crippen LogP contribution is 2.28. The molecule has 0 aromatic heterocycles. The van der Waals surface area contributed by atoms with Crippen molar-refractivity contribution in [1.82, 2.24) is 15.5 Å². The van der Waals surface area contributed by atoms with E-state index in [1.807, 2.05) is 13.8 Å². The van der Waals surface area contributed by atoms with E-state index in [1.165, 1.54) is 6.26 Å². The highest BCUT2D eigenvalue weighted by Gasteiger charge is 2.49. The number of morpholine rings is 1. The first kappa shape index (κ1) is 26.9. The van der Waals surface area contributed by atoms with Gasteiger partial charge in [0.2, 0.25) is 5.91 Å². The number of halogens is 2. The van der Waals surface area contributed by atoms with Gasteiger partial charge in [-0.05, 0) is 53.6 Å². The molecule has 0 radical (unpaired) electrons. The number of ether oxygens (including phenoxy) is 1. The molecule has 2 heterocycles. The van der Waals surface area contributed by atoms with Gasteiger partial charge in [0.25, 0.3) is 0 Å². The Hall–Kier alpha value is -0.120. The third kappa shape index (κ3) is 6.18. The Labute approximate surface area is 176 Å². The topological polar surface area (TPSA) is 87.7 Å². The molecule has 2 atom stereocenters. The van der Waals surface area contributed by atoms with E-state index in [0.29, 0.717) is 32.5 Å². The van der Waals surface area contributed by atoms with Crippen LogP contribution in [0.1, 0.15) is 40.5 Å². The zero-order valence-electron chi connectivity index (χ0n) is 16.9. The first-order valence-corrected chi connectivity index (χ1v) is 11.0. The van der Waals surface area contributed by atoms with Crippen LogP contribution in [-0.2, 0) is 19.4 Å². The largest absolute Gasteiger partial charge is 0.373 e. The van der Waals surface area contributed by atoms with Crippen LogP contribution in [0.2, 0.25) is 0 Å². The Morgan fingerprint density at radius 1 is 1.19 bits per heavy atom. The zero-order chi connectivity index (χ0) is 18.9. The molecule has 162 valence electrons. The molecular weight excluding hydrogens is 413 g/mol. The first-order valence-electron chi connectivity index (χ1n) is 9.07. The van der Waals surface area contributed by atoms with Crippen LogP contribution in [0.15, 0.2) is 0 Å². The molecule has 0 aliphatic carbocycles. The van der Waals surface area contributed by atoms with Gasteiger partial charge in [0.05, 0.1) is 12.2 Å². The van der Waals surface area contributed by atoms with Crippen molar-refractivity contribution in [3.05, 3.63) is 0 Å². The highest BCUT2D eigenvalue weighted by molar-refractivity contribution is 7.92. The number of hydrogen-bond donors (Lipinski definition) is 2. The Morgan fingerprint density at radius 2 is 1.67 bits per heavy atom. The Bertz CT molecular complexity index is 585. The zero-order valence-corrected chi connectivity index (χ0v) is 19.4. The van der Waals surface area contributed by atoms with E-state index >= 15 is 0 Å². The quantitative estimate of drug-likeness (QED) is 0.653. The van der Waals surface area contributed by atoms with Crippen molar-refractivity contribution in [2.75, 3.05) is 39.0 Å². The van der Waals surface area contributed by atoms with Crippen LogP contribution in [0, 0.1) is 0 Å². The standard InChI is InChI=1S/C17H33N3O4S.2ClH/c1-13-10-20(11-14(2)24-13)16(3,4)12-19-15(21)17(25(5,22)23)6-8-18-9-7-17;;/h13-14,18H,6-12H2,1-5H3,(H,19,21);2*1H. The van der Waals surface area contributed by atoms with Gasteiger partial charge >= 0.3 is 0 Å². The van der Waals surface area contributed by atoms with E-state index in [4.69, 9.17) is 4.74 Å². The lowest BCUT2D eigenvalue weighted by Gasteiger charge is -2.45. The molecule has 2 saturated heterocycles. The van der Waals surface area contributed by atoms with Crippen LogP contribution in [0.3, 0.4) is 0 Å². The SMILES string of the molecule is CC1CN(C(C)(C)CNC(=O)C2(S(C)(=O)=O)CCNCC2)CC(C)O1.Cl.Cl. The summed E-state index contributed by atoms with van der Waals surface area (Å²) in [4.78, 5) is 15.2. The van der Waals surface area contributed by atoms with Crippen LogP contribution in [-0.4, -0.2) is 80.7 Å². The minimum Gasteiger partial charge on any atom is -0.373 e. The summed E-state index contributed by atoms with van der Waals surface area (Å²) in [6.07, 6.45) is 2.11. The molecule has 0 spiro atoms. The maximum atomic E-state index is 12.9. The minimum atomic E-state index is -3.48. The van der Waals surface area contributed by atoms with Crippen molar-refractivity contribution in [1.29, 1.82) is 0 Å². The summed E-state index contributed by atoms with van der Waals surface area (Å²) in [5.41, 5.74) is -0.270. The summed E-state index contributed by atoms with van der Waals surface area (Å²) in [6, 6.07) is 0. The normalized spacial score (nSPS) is 26.4. The number of carbonyl (C=O) groups excluding carboxylic acids is 1. The van der Waals surface area contributed by atoms with E-state index in [1.54, 1.807) is 0 Å². The summed E-state index contributed by atoms with van der Waals surface area (Å²) in [7, 11) is -3.48. The smallest absolute Gasteiger partial charge is 0.241 e. The average molecular weight is 448 g/mol. The molecule has 10 heteroatoms. The predicted octanol–water partition coefficient (Wildman–Crippen LogP) is 1.00. The molecule has 2 N–H and O–H groups in total. The van der Waals surface area contributed by atoms with E-state index in [-0.39, 0.29) is 48.5 Å². The molecule has 2 unspecified atom stereocenters. The van der Waals surface area contributed by atoms with Gasteiger partial charge in [-0.1, -0.05) is 0 Å². The van der Waals surface area contributed by atoms with Gasteiger partial charge in [0.1, 0.15) is 0 Å². The maximum absolute atomic E-state index is 12.9. The lowest BCUT2D eigenvalue weighted by molar-refractivity contribution is -0.126. The van der Waals surface area contributed by atoms with Crippen LogP contribution in [0.5, 0.6) is 0 Å². The molecule has 0 bridgehead atoms. The molecule has 0 aromatic carbocycles. The van der Waals surface area contributed by atoms with Crippen molar-refractivity contribution in [2.45, 2.75) is 63.0 Å². The number of amides is 1. The number of piperidine rings is 1. The predicted molar refractivity (Wildman–Crippen MR) is 113 cm³/mol. The van der Waals surface area contributed by atoms with Crippen LogP contribution >= 0.6 is 24.8 Å². The lowest BCUT2D eigenvalue weighted by Crippen LogP contribution is -2.62. The van der Waals surface area contributed by atoms with Gasteiger partial charge in [-0.15, -0.1) is 24.8 Å². The summed E-state index contributed by atoms with van der Waals surface area (Å²) in [6.45, 7) is 11.3. The summed E-state index contributed by atoms with van der Waals surface area (Å²) < 4.78 is 29.2. The van der Waals surface area contributed by atoms with Gasteiger partial charge in [0.15, 0.2) is 14.6 Å². The van der Waals surface area contributed by atoms with E-state index in [9.17, 15) is 13.2 Å². The molecular formula is C17H35Cl2N3O4S. The molecule has 0 aromatic rings.